The predicted octanol–water partition coefficient (Wildman–Crippen LogP) is 4.37. The van der Waals surface area contributed by atoms with Crippen LogP contribution < -0.4 is 4.74 Å². The van der Waals surface area contributed by atoms with Crippen molar-refractivity contribution in [2.24, 2.45) is 11.8 Å². The monoisotopic (exact) mass is 318 g/mol. The van der Waals surface area contributed by atoms with Crippen molar-refractivity contribution in [2.45, 2.75) is 26.8 Å². The highest BCUT2D eigenvalue weighted by atomic mass is 35.5. The van der Waals surface area contributed by atoms with Crippen LogP contribution in [0.4, 0.5) is 0 Å². The van der Waals surface area contributed by atoms with Crippen molar-refractivity contribution in [3.05, 3.63) is 35.0 Å². The Balaban J connectivity index is 1.86. The second-order valence-corrected chi connectivity index (χ2v) is 7.00. The lowest BCUT2D eigenvalue weighted by atomic mass is 9.91. The zero-order chi connectivity index (χ0) is 15.7. The first-order valence-corrected chi connectivity index (χ1v) is 8.28. The van der Waals surface area contributed by atoms with Gasteiger partial charge in [-0.05, 0) is 36.5 Å². The quantitative estimate of drug-likeness (QED) is 0.786. The van der Waals surface area contributed by atoms with Gasteiger partial charge in [-0.2, -0.15) is 0 Å². The van der Waals surface area contributed by atoms with E-state index in [1.807, 2.05) is 18.2 Å². The number of halogens is 1. The molecule has 0 amide bonds. The summed E-state index contributed by atoms with van der Waals surface area (Å²) in [5, 5.41) is 1.71. The maximum atomic E-state index is 6.41. The van der Waals surface area contributed by atoms with Crippen LogP contribution in [-0.4, -0.2) is 30.1 Å². The van der Waals surface area contributed by atoms with Gasteiger partial charge in [0.15, 0.2) is 0 Å². The predicted molar refractivity (Wildman–Crippen MR) is 91.5 cm³/mol. The minimum Gasteiger partial charge on any atom is -0.497 e. The molecule has 0 radical (unpaired) electrons. The minimum absolute atomic E-state index is 0.603. The van der Waals surface area contributed by atoms with E-state index in [2.05, 4.69) is 29.8 Å². The molecule has 0 spiro atoms. The summed E-state index contributed by atoms with van der Waals surface area (Å²) in [4.78, 5) is 7.04. The zero-order valence-corrected chi connectivity index (χ0v) is 14.2. The maximum Gasteiger partial charge on any atom is 0.134 e. The van der Waals surface area contributed by atoms with Gasteiger partial charge >= 0.3 is 0 Å². The number of hydrogen-bond acceptors (Lipinski definition) is 3. The molecule has 0 unspecified atom stereocenters. The van der Waals surface area contributed by atoms with E-state index in [0.29, 0.717) is 5.15 Å². The smallest absolute Gasteiger partial charge is 0.134 e. The van der Waals surface area contributed by atoms with Crippen molar-refractivity contribution < 1.29 is 4.74 Å². The number of ether oxygens (including phenoxy) is 1. The molecule has 0 N–H and O–H groups in total. The van der Waals surface area contributed by atoms with E-state index in [1.54, 1.807) is 7.11 Å². The largest absolute Gasteiger partial charge is 0.497 e. The van der Waals surface area contributed by atoms with Crippen molar-refractivity contribution in [1.29, 1.82) is 0 Å². The molecular formula is C18H23ClN2O. The van der Waals surface area contributed by atoms with Gasteiger partial charge in [-0.25, -0.2) is 4.98 Å². The van der Waals surface area contributed by atoms with Gasteiger partial charge in [0.2, 0.25) is 0 Å². The number of aromatic nitrogens is 1. The van der Waals surface area contributed by atoms with E-state index >= 15 is 0 Å². The second-order valence-electron chi connectivity index (χ2n) is 6.64. The molecule has 0 saturated carbocycles. The van der Waals surface area contributed by atoms with Crippen LogP contribution in [0.1, 0.15) is 25.8 Å². The third-order valence-electron chi connectivity index (χ3n) is 4.39. The summed E-state index contributed by atoms with van der Waals surface area (Å²) in [6.07, 6.45) is 1.32. The number of benzene rings is 1. The van der Waals surface area contributed by atoms with Crippen LogP contribution in [0.15, 0.2) is 24.3 Å². The first-order chi connectivity index (χ1) is 10.5. The molecule has 3 nitrogen and oxygen atoms in total. The number of rotatable bonds is 3. The Morgan fingerprint density at radius 1 is 1.23 bits per heavy atom. The highest BCUT2D eigenvalue weighted by Gasteiger charge is 2.22. The van der Waals surface area contributed by atoms with Gasteiger partial charge in [0.1, 0.15) is 10.9 Å². The molecule has 1 fully saturated rings. The Hall–Kier alpha value is -1.32. The van der Waals surface area contributed by atoms with Gasteiger partial charge in [-0.3, -0.25) is 4.90 Å². The van der Waals surface area contributed by atoms with E-state index in [9.17, 15) is 0 Å². The molecular weight excluding hydrogens is 296 g/mol. The maximum absolute atomic E-state index is 6.41. The van der Waals surface area contributed by atoms with E-state index in [0.717, 1.165) is 53.7 Å². The molecule has 4 heteroatoms. The molecule has 0 aliphatic carbocycles. The number of likely N-dealkylation sites (tertiary alicyclic amines) is 1. The van der Waals surface area contributed by atoms with E-state index < -0.39 is 0 Å². The second kappa shape index (κ2) is 6.43. The molecule has 22 heavy (non-hydrogen) atoms. The fourth-order valence-corrected chi connectivity index (χ4v) is 3.77. The number of nitrogens with zero attached hydrogens (tertiary/aromatic N) is 2. The lowest BCUT2D eigenvalue weighted by Gasteiger charge is -2.35. The van der Waals surface area contributed by atoms with Crippen LogP contribution >= 0.6 is 11.6 Å². The highest BCUT2D eigenvalue weighted by molar-refractivity contribution is 6.30. The van der Waals surface area contributed by atoms with Crippen LogP contribution in [-0.2, 0) is 6.54 Å². The fraction of sp³-hybridized carbons (Fsp3) is 0.500. The summed E-state index contributed by atoms with van der Waals surface area (Å²) >= 11 is 6.41. The topological polar surface area (TPSA) is 25.4 Å². The standard InChI is InChI=1S/C18H23ClN2O/c1-12-6-13(2)10-21(9-12)11-15-7-14-4-5-16(22-3)8-17(14)20-18(15)19/h4-5,7-8,12-13H,6,9-11H2,1-3H3/t12-,13+. The number of hydrogen-bond donors (Lipinski definition) is 0. The number of piperidine rings is 1. The van der Waals surface area contributed by atoms with E-state index in [-0.39, 0.29) is 0 Å². The van der Waals surface area contributed by atoms with E-state index in [1.165, 1.54) is 6.42 Å². The van der Waals surface area contributed by atoms with Crippen LogP contribution in [0.2, 0.25) is 5.15 Å². The summed E-state index contributed by atoms with van der Waals surface area (Å²) in [5.74, 6) is 2.31. The van der Waals surface area contributed by atoms with Crippen molar-refractivity contribution in [3.63, 3.8) is 0 Å². The third-order valence-corrected chi connectivity index (χ3v) is 4.72. The van der Waals surface area contributed by atoms with Crippen molar-refractivity contribution in [2.75, 3.05) is 20.2 Å². The molecule has 2 aromatic rings. The van der Waals surface area contributed by atoms with Gasteiger partial charge in [0, 0.05) is 36.7 Å². The molecule has 1 aliphatic heterocycles. The number of fused-ring (bicyclic) bond motifs is 1. The van der Waals surface area contributed by atoms with Crippen molar-refractivity contribution >= 4 is 22.5 Å². The summed E-state index contributed by atoms with van der Waals surface area (Å²) in [7, 11) is 1.66. The molecule has 118 valence electrons. The average Bonchev–Trinajstić information content (AvgIpc) is 2.46. The summed E-state index contributed by atoms with van der Waals surface area (Å²) < 4.78 is 5.25. The fourth-order valence-electron chi connectivity index (χ4n) is 3.57. The zero-order valence-electron chi connectivity index (χ0n) is 13.5. The summed E-state index contributed by atoms with van der Waals surface area (Å²) in [6, 6.07) is 8.10. The Labute approximate surface area is 137 Å². The molecule has 2 atom stereocenters. The summed E-state index contributed by atoms with van der Waals surface area (Å²) in [5.41, 5.74) is 1.99. The number of pyridine rings is 1. The van der Waals surface area contributed by atoms with Crippen LogP contribution in [0, 0.1) is 11.8 Å². The van der Waals surface area contributed by atoms with Crippen molar-refractivity contribution in [3.8, 4) is 5.75 Å². The average molecular weight is 319 g/mol. The molecule has 1 aromatic carbocycles. The SMILES string of the molecule is COc1ccc2cc(CN3C[C@H](C)C[C@H](C)C3)c(Cl)nc2c1. The Kier molecular flexibility index (Phi) is 4.55. The van der Waals surface area contributed by atoms with Gasteiger partial charge < -0.3 is 4.74 Å². The molecule has 0 bridgehead atoms. The molecule has 1 aromatic heterocycles. The molecule has 3 rings (SSSR count). The van der Waals surface area contributed by atoms with Crippen LogP contribution in [0.25, 0.3) is 10.9 Å². The molecule has 2 heterocycles. The first-order valence-electron chi connectivity index (χ1n) is 7.90. The lowest BCUT2D eigenvalue weighted by molar-refractivity contribution is 0.134. The summed E-state index contributed by atoms with van der Waals surface area (Å²) in [6.45, 7) is 7.81. The molecule has 1 saturated heterocycles. The normalized spacial score (nSPS) is 22.9. The lowest BCUT2D eigenvalue weighted by Crippen LogP contribution is -2.38. The van der Waals surface area contributed by atoms with E-state index in [4.69, 9.17) is 16.3 Å². The minimum atomic E-state index is 0.603. The Morgan fingerprint density at radius 3 is 2.64 bits per heavy atom. The van der Waals surface area contributed by atoms with Crippen LogP contribution in [0.3, 0.4) is 0 Å². The Bertz CT molecular complexity index is 663. The van der Waals surface area contributed by atoms with Gasteiger partial charge in [0.05, 0.1) is 12.6 Å². The van der Waals surface area contributed by atoms with Gasteiger partial charge in [0.25, 0.3) is 0 Å². The molecule has 1 aliphatic rings. The van der Waals surface area contributed by atoms with Crippen LogP contribution in [0.5, 0.6) is 5.75 Å². The third kappa shape index (κ3) is 3.36. The Morgan fingerprint density at radius 2 is 1.95 bits per heavy atom. The first kappa shape index (κ1) is 15.6. The van der Waals surface area contributed by atoms with Crippen molar-refractivity contribution in [1.82, 2.24) is 9.88 Å². The number of methoxy groups -OCH3 is 1. The van der Waals surface area contributed by atoms with Gasteiger partial charge in [-0.1, -0.05) is 25.4 Å². The highest BCUT2D eigenvalue weighted by Crippen LogP contribution is 2.27. The van der Waals surface area contributed by atoms with Gasteiger partial charge in [-0.15, -0.1) is 0 Å².